The molecule has 0 aromatic carbocycles. The Bertz CT molecular complexity index is 515. The molecule has 0 saturated heterocycles. The molecule has 18 heavy (non-hydrogen) atoms. The minimum absolute atomic E-state index is 0.145. The van der Waals surface area contributed by atoms with E-state index in [1.807, 2.05) is 0 Å². The van der Waals surface area contributed by atoms with Crippen molar-refractivity contribution >= 4 is 31.9 Å². The molecule has 0 aliphatic rings. The molecule has 6 nitrogen and oxygen atoms in total. The van der Waals surface area contributed by atoms with Crippen LogP contribution in [0.3, 0.4) is 0 Å². The topological polar surface area (TPSA) is 87.6 Å². The number of halogens is 1. The van der Waals surface area contributed by atoms with Crippen LogP contribution in [0.25, 0.3) is 0 Å². The number of pyridine rings is 1. The number of sulfonamides is 1. The lowest BCUT2D eigenvalue weighted by atomic mass is 10.5. The summed E-state index contributed by atoms with van der Waals surface area (Å²) >= 11 is 3.16. The van der Waals surface area contributed by atoms with Crippen molar-refractivity contribution in [3.05, 3.63) is 22.8 Å². The monoisotopic (exact) mass is 336 g/mol. The van der Waals surface area contributed by atoms with Crippen molar-refractivity contribution in [2.45, 2.75) is 18.4 Å². The van der Waals surface area contributed by atoms with E-state index in [1.54, 1.807) is 13.0 Å². The summed E-state index contributed by atoms with van der Waals surface area (Å²) in [4.78, 5) is 14.5. The Labute approximate surface area is 114 Å². The lowest BCUT2D eigenvalue weighted by Gasteiger charge is -2.18. The summed E-state index contributed by atoms with van der Waals surface area (Å²) in [7, 11) is -3.85. The number of rotatable bonds is 6. The van der Waals surface area contributed by atoms with Gasteiger partial charge in [0.25, 0.3) is 10.0 Å². The van der Waals surface area contributed by atoms with Gasteiger partial charge in [-0.15, -0.1) is 0 Å². The van der Waals surface area contributed by atoms with Crippen molar-refractivity contribution in [3.63, 3.8) is 0 Å². The highest BCUT2D eigenvalue weighted by Gasteiger charge is 2.26. The molecule has 100 valence electrons. The quantitative estimate of drug-likeness (QED) is 0.846. The molecule has 0 aliphatic heterocycles. The largest absolute Gasteiger partial charge is 0.480 e. The number of nitrogens with zero attached hydrogens (tertiary/aromatic N) is 2. The van der Waals surface area contributed by atoms with E-state index in [1.165, 1.54) is 12.3 Å². The number of hydrogen-bond donors (Lipinski definition) is 1. The van der Waals surface area contributed by atoms with Crippen molar-refractivity contribution in [3.8, 4) is 0 Å². The van der Waals surface area contributed by atoms with Crippen molar-refractivity contribution in [2.24, 2.45) is 0 Å². The van der Waals surface area contributed by atoms with E-state index in [4.69, 9.17) is 5.11 Å². The molecule has 0 atom stereocenters. The van der Waals surface area contributed by atoms with E-state index in [-0.39, 0.29) is 11.6 Å². The van der Waals surface area contributed by atoms with E-state index < -0.39 is 22.5 Å². The summed E-state index contributed by atoms with van der Waals surface area (Å²) in [5.41, 5.74) is 0. The summed E-state index contributed by atoms with van der Waals surface area (Å²) in [5, 5.41) is 8.58. The van der Waals surface area contributed by atoms with E-state index in [2.05, 4.69) is 20.9 Å². The van der Waals surface area contributed by atoms with Gasteiger partial charge >= 0.3 is 5.97 Å². The van der Waals surface area contributed by atoms with Crippen LogP contribution in [0.1, 0.15) is 13.3 Å². The molecule has 0 radical (unpaired) electrons. The normalized spacial score (nSPS) is 11.7. The molecule has 1 N–H and O–H groups in total. The number of hydrogen-bond acceptors (Lipinski definition) is 4. The molecule has 1 aromatic heterocycles. The van der Waals surface area contributed by atoms with E-state index >= 15 is 0 Å². The molecule has 0 bridgehead atoms. The Hall–Kier alpha value is -0.990. The molecule has 0 saturated carbocycles. The zero-order valence-electron chi connectivity index (χ0n) is 9.71. The highest BCUT2D eigenvalue weighted by atomic mass is 79.9. The van der Waals surface area contributed by atoms with Gasteiger partial charge in [-0.05, 0) is 34.5 Å². The van der Waals surface area contributed by atoms with Gasteiger partial charge in [0.1, 0.15) is 6.54 Å². The van der Waals surface area contributed by atoms with E-state index in [0.29, 0.717) is 10.9 Å². The maximum Gasteiger partial charge on any atom is 0.318 e. The first-order chi connectivity index (χ1) is 8.37. The smallest absolute Gasteiger partial charge is 0.318 e. The highest BCUT2D eigenvalue weighted by molar-refractivity contribution is 9.10. The number of carboxylic acid groups (broad SMARTS) is 1. The number of aliphatic carboxylic acids is 1. The third-order valence-electron chi connectivity index (χ3n) is 2.09. The van der Waals surface area contributed by atoms with Gasteiger partial charge < -0.3 is 5.11 Å². The van der Waals surface area contributed by atoms with E-state index in [0.717, 1.165) is 4.31 Å². The molecule has 0 aliphatic carbocycles. The molecule has 8 heteroatoms. The van der Waals surface area contributed by atoms with Crippen LogP contribution in [0.5, 0.6) is 0 Å². The first kappa shape index (κ1) is 15.1. The van der Waals surface area contributed by atoms with E-state index in [9.17, 15) is 13.2 Å². The summed E-state index contributed by atoms with van der Waals surface area (Å²) in [5.74, 6) is -1.19. The SMILES string of the molecule is CCCN(CC(=O)O)S(=O)(=O)c1ccc(Br)cn1. The number of carboxylic acids is 1. The van der Waals surface area contributed by atoms with Gasteiger partial charge in [0, 0.05) is 17.2 Å². The summed E-state index contributed by atoms with van der Waals surface area (Å²) in [6.45, 7) is 1.36. The average molecular weight is 337 g/mol. The molecule has 1 aromatic rings. The molecule has 1 heterocycles. The second-order valence-corrected chi connectivity index (χ2v) is 6.35. The lowest BCUT2D eigenvalue weighted by molar-refractivity contribution is -0.137. The van der Waals surface area contributed by atoms with Gasteiger partial charge in [0.2, 0.25) is 0 Å². The fourth-order valence-electron chi connectivity index (χ4n) is 1.33. The van der Waals surface area contributed by atoms with Crippen LogP contribution in [0.4, 0.5) is 0 Å². The van der Waals surface area contributed by atoms with Gasteiger partial charge in [-0.25, -0.2) is 13.4 Å². The number of carbonyl (C=O) groups is 1. The minimum Gasteiger partial charge on any atom is -0.480 e. The van der Waals surface area contributed by atoms with Crippen molar-refractivity contribution in [1.29, 1.82) is 0 Å². The van der Waals surface area contributed by atoms with Crippen LogP contribution in [-0.2, 0) is 14.8 Å². The zero-order valence-corrected chi connectivity index (χ0v) is 12.1. The minimum atomic E-state index is -3.85. The van der Waals surface area contributed by atoms with Gasteiger partial charge in [-0.3, -0.25) is 4.79 Å². The second kappa shape index (κ2) is 6.26. The zero-order chi connectivity index (χ0) is 13.8. The predicted molar refractivity (Wildman–Crippen MR) is 68.6 cm³/mol. The standard InChI is InChI=1S/C10H13BrN2O4S/c1-2-5-13(7-10(14)15)18(16,17)9-4-3-8(11)6-12-9/h3-4,6H,2,5,7H2,1H3,(H,14,15). The maximum absolute atomic E-state index is 12.2. The average Bonchev–Trinajstić information content (AvgIpc) is 2.28. The van der Waals surface area contributed by atoms with Crippen LogP contribution in [-0.4, -0.2) is 41.9 Å². The van der Waals surface area contributed by atoms with Crippen LogP contribution >= 0.6 is 15.9 Å². The van der Waals surface area contributed by atoms with Crippen LogP contribution in [0.2, 0.25) is 0 Å². The first-order valence-electron chi connectivity index (χ1n) is 5.21. The van der Waals surface area contributed by atoms with Gasteiger partial charge in [0.05, 0.1) is 0 Å². The summed E-state index contributed by atoms with van der Waals surface area (Å²) in [6.07, 6.45) is 1.89. The summed E-state index contributed by atoms with van der Waals surface area (Å²) in [6, 6.07) is 2.88. The Kier molecular flexibility index (Phi) is 5.24. The fourth-order valence-corrected chi connectivity index (χ4v) is 2.96. The number of aromatic nitrogens is 1. The lowest BCUT2D eigenvalue weighted by Crippen LogP contribution is -2.36. The third kappa shape index (κ3) is 3.76. The Morgan fingerprint density at radius 3 is 2.61 bits per heavy atom. The molecular formula is C10H13BrN2O4S. The first-order valence-corrected chi connectivity index (χ1v) is 7.44. The molecule has 0 fully saturated rings. The predicted octanol–water partition coefficient (Wildman–Crippen LogP) is 1.33. The van der Waals surface area contributed by atoms with Gasteiger partial charge in [0.15, 0.2) is 5.03 Å². The molecular weight excluding hydrogens is 324 g/mol. The summed E-state index contributed by atoms with van der Waals surface area (Å²) < 4.78 is 25.9. The van der Waals surface area contributed by atoms with Crippen molar-refractivity contribution in [1.82, 2.24) is 9.29 Å². The fraction of sp³-hybridized carbons (Fsp3) is 0.400. The highest BCUT2D eigenvalue weighted by Crippen LogP contribution is 2.16. The van der Waals surface area contributed by atoms with Crippen LogP contribution < -0.4 is 0 Å². The molecule has 1 rings (SSSR count). The van der Waals surface area contributed by atoms with Crippen LogP contribution in [0, 0.1) is 0 Å². The molecule has 0 amide bonds. The Morgan fingerprint density at radius 2 is 2.17 bits per heavy atom. The Morgan fingerprint density at radius 1 is 1.50 bits per heavy atom. The van der Waals surface area contributed by atoms with Gasteiger partial charge in [-0.2, -0.15) is 4.31 Å². The maximum atomic E-state index is 12.2. The van der Waals surface area contributed by atoms with Crippen LogP contribution in [0.15, 0.2) is 27.8 Å². The molecule has 0 unspecified atom stereocenters. The van der Waals surface area contributed by atoms with Crippen molar-refractivity contribution in [2.75, 3.05) is 13.1 Å². The molecule has 0 spiro atoms. The van der Waals surface area contributed by atoms with Gasteiger partial charge in [-0.1, -0.05) is 6.92 Å². The second-order valence-electron chi connectivity index (χ2n) is 3.55. The third-order valence-corrected chi connectivity index (χ3v) is 4.32. The van der Waals surface area contributed by atoms with Crippen molar-refractivity contribution < 1.29 is 18.3 Å². The Balaban J connectivity index is 3.08.